The van der Waals surface area contributed by atoms with Crippen LogP contribution in [0, 0.1) is 6.92 Å². The minimum Gasteiger partial charge on any atom is -0.504 e. The molecule has 0 radical (unpaired) electrons. The summed E-state index contributed by atoms with van der Waals surface area (Å²) in [4.78, 5) is 2.16. The first-order valence-electron chi connectivity index (χ1n) is 8.25. The first kappa shape index (κ1) is 18.6. The van der Waals surface area contributed by atoms with Gasteiger partial charge in [0, 0.05) is 30.5 Å². The van der Waals surface area contributed by atoms with Crippen LogP contribution >= 0.6 is 8.58 Å². The average Bonchev–Trinajstić information content (AvgIpc) is 2.56. The average molecular weight is 345 g/mol. The van der Waals surface area contributed by atoms with Gasteiger partial charge in [0.2, 0.25) is 0 Å². The van der Waals surface area contributed by atoms with Crippen molar-refractivity contribution in [1.29, 1.82) is 0 Å². The highest BCUT2D eigenvalue weighted by Gasteiger charge is 2.30. The zero-order valence-corrected chi connectivity index (χ0v) is 16.5. The third-order valence-electron chi connectivity index (χ3n) is 4.65. The van der Waals surface area contributed by atoms with Crippen LogP contribution in [-0.2, 0) is 5.16 Å². The van der Waals surface area contributed by atoms with E-state index in [9.17, 15) is 5.11 Å². The molecule has 0 fully saturated rings. The SMILES string of the molecule is CCC(C)(Pc1c(C)cccc1N(C)C)c1cccc(OC)c1O. The normalized spacial score (nSPS) is 13.9. The second-order valence-electron chi connectivity index (χ2n) is 6.53. The van der Waals surface area contributed by atoms with Crippen LogP contribution in [0.3, 0.4) is 0 Å². The molecule has 2 rings (SSSR count). The van der Waals surface area contributed by atoms with E-state index in [2.05, 4.69) is 58.0 Å². The second kappa shape index (κ2) is 7.44. The molecule has 2 aromatic carbocycles. The maximum Gasteiger partial charge on any atom is 0.161 e. The third kappa shape index (κ3) is 3.52. The number of benzene rings is 2. The van der Waals surface area contributed by atoms with E-state index in [1.54, 1.807) is 13.2 Å². The Bertz CT molecular complexity index is 715. The van der Waals surface area contributed by atoms with Gasteiger partial charge in [0.05, 0.1) is 7.11 Å². The molecule has 2 aromatic rings. The van der Waals surface area contributed by atoms with Crippen molar-refractivity contribution in [2.75, 3.05) is 26.1 Å². The van der Waals surface area contributed by atoms with E-state index in [1.165, 1.54) is 16.6 Å². The zero-order valence-electron chi connectivity index (χ0n) is 15.5. The van der Waals surface area contributed by atoms with Gasteiger partial charge in [-0.05, 0) is 36.3 Å². The Morgan fingerprint density at radius 2 is 1.83 bits per heavy atom. The lowest BCUT2D eigenvalue weighted by molar-refractivity contribution is 0.367. The number of phenolic OH excluding ortho intramolecular Hbond substituents is 1. The Kier molecular flexibility index (Phi) is 5.77. The highest BCUT2D eigenvalue weighted by molar-refractivity contribution is 7.49. The molecular weight excluding hydrogens is 317 g/mol. The predicted molar refractivity (Wildman–Crippen MR) is 106 cm³/mol. The molecule has 1 N–H and O–H groups in total. The van der Waals surface area contributed by atoms with Crippen LogP contribution in [0.15, 0.2) is 36.4 Å². The molecule has 0 bridgehead atoms. The summed E-state index contributed by atoms with van der Waals surface area (Å²) in [6.07, 6.45) is 0.938. The molecule has 0 saturated carbocycles. The van der Waals surface area contributed by atoms with Crippen molar-refractivity contribution in [2.45, 2.75) is 32.3 Å². The Labute approximate surface area is 147 Å². The molecule has 3 nitrogen and oxygen atoms in total. The molecule has 0 aromatic heterocycles. The fraction of sp³-hybridized carbons (Fsp3) is 0.400. The summed E-state index contributed by atoms with van der Waals surface area (Å²) in [5.41, 5.74) is 3.49. The van der Waals surface area contributed by atoms with Gasteiger partial charge in [-0.2, -0.15) is 0 Å². The maximum atomic E-state index is 10.7. The zero-order chi connectivity index (χ0) is 17.9. The summed E-state index contributed by atoms with van der Waals surface area (Å²) < 4.78 is 5.31. The van der Waals surface area contributed by atoms with Crippen LogP contribution in [0.2, 0.25) is 0 Å². The molecule has 2 unspecified atom stereocenters. The number of hydrogen-bond acceptors (Lipinski definition) is 3. The van der Waals surface area contributed by atoms with E-state index in [1.807, 2.05) is 12.1 Å². The minimum atomic E-state index is -0.143. The van der Waals surface area contributed by atoms with Crippen LogP contribution in [0.1, 0.15) is 31.4 Å². The topological polar surface area (TPSA) is 32.7 Å². The van der Waals surface area contributed by atoms with Crippen molar-refractivity contribution in [3.63, 3.8) is 0 Å². The van der Waals surface area contributed by atoms with Gasteiger partial charge in [0.1, 0.15) is 0 Å². The number of phenols is 1. The molecule has 130 valence electrons. The quantitative estimate of drug-likeness (QED) is 0.788. The van der Waals surface area contributed by atoms with Crippen LogP contribution in [0.25, 0.3) is 0 Å². The predicted octanol–water partition coefficient (Wildman–Crippen LogP) is 4.40. The molecule has 0 aliphatic heterocycles. The maximum absolute atomic E-state index is 10.7. The number of methoxy groups -OCH3 is 1. The summed E-state index contributed by atoms with van der Waals surface area (Å²) in [7, 11) is 6.30. The molecule has 4 heteroatoms. The molecule has 0 spiro atoms. The van der Waals surface area contributed by atoms with E-state index >= 15 is 0 Å². The largest absolute Gasteiger partial charge is 0.504 e. The lowest BCUT2D eigenvalue weighted by Crippen LogP contribution is -2.24. The van der Waals surface area contributed by atoms with E-state index in [-0.39, 0.29) is 10.9 Å². The van der Waals surface area contributed by atoms with Gasteiger partial charge in [-0.1, -0.05) is 46.7 Å². The second-order valence-corrected chi connectivity index (χ2v) is 8.38. The van der Waals surface area contributed by atoms with Gasteiger partial charge >= 0.3 is 0 Å². The Morgan fingerprint density at radius 1 is 1.17 bits per heavy atom. The first-order chi connectivity index (χ1) is 11.3. The van der Waals surface area contributed by atoms with Gasteiger partial charge in [-0.3, -0.25) is 0 Å². The smallest absolute Gasteiger partial charge is 0.161 e. The van der Waals surface area contributed by atoms with Crippen molar-refractivity contribution in [3.05, 3.63) is 47.5 Å². The summed E-state index contributed by atoms with van der Waals surface area (Å²) in [6.45, 7) is 6.57. The number of aryl methyl sites for hydroxylation is 1. The summed E-state index contributed by atoms with van der Waals surface area (Å²) >= 11 is 0. The molecule has 0 amide bonds. The Hall–Kier alpha value is -1.73. The van der Waals surface area contributed by atoms with Gasteiger partial charge in [-0.25, -0.2) is 0 Å². The van der Waals surface area contributed by atoms with E-state index < -0.39 is 0 Å². The number of ether oxygens (including phenoxy) is 1. The van der Waals surface area contributed by atoms with Crippen LogP contribution in [-0.4, -0.2) is 26.3 Å². The lowest BCUT2D eigenvalue weighted by atomic mass is 9.96. The molecule has 0 heterocycles. The summed E-state index contributed by atoms with van der Waals surface area (Å²) in [6, 6.07) is 12.2. The highest BCUT2D eigenvalue weighted by Crippen LogP contribution is 2.50. The highest BCUT2D eigenvalue weighted by atomic mass is 31.1. The Morgan fingerprint density at radius 3 is 2.42 bits per heavy atom. The number of hydrogen-bond donors (Lipinski definition) is 1. The number of para-hydroxylation sites is 1. The Balaban J connectivity index is 2.54. The fourth-order valence-corrected chi connectivity index (χ4v) is 4.72. The van der Waals surface area contributed by atoms with E-state index in [0.717, 1.165) is 12.0 Å². The van der Waals surface area contributed by atoms with Crippen molar-refractivity contribution in [1.82, 2.24) is 0 Å². The van der Waals surface area contributed by atoms with Gasteiger partial charge < -0.3 is 14.7 Å². The van der Waals surface area contributed by atoms with Crippen molar-refractivity contribution in [2.24, 2.45) is 0 Å². The van der Waals surface area contributed by atoms with Crippen LogP contribution in [0.5, 0.6) is 11.5 Å². The van der Waals surface area contributed by atoms with Crippen molar-refractivity contribution >= 4 is 19.6 Å². The van der Waals surface area contributed by atoms with Crippen molar-refractivity contribution in [3.8, 4) is 11.5 Å². The minimum absolute atomic E-state index is 0.143. The third-order valence-corrected chi connectivity index (χ3v) is 6.73. The van der Waals surface area contributed by atoms with Crippen LogP contribution < -0.4 is 14.9 Å². The monoisotopic (exact) mass is 345 g/mol. The summed E-state index contributed by atoms with van der Waals surface area (Å²) in [5, 5.41) is 11.9. The van der Waals surface area contributed by atoms with E-state index in [0.29, 0.717) is 14.3 Å². The molecule has 24 heavy (non-hydrogen) atoms. The number of nitrogens with zero attached hydrogens (tertiary/aromatic N) is 1. The van der Waals surface area contributed by atoms with Gasteiger partial charge in [-0.15, -0.1) is 0 Å². The molecule has 0 saturated heterocycles. The fourth-order valence-electron chi connectivity index (χ4n) is 2.94. The number of aromatic hydroxyl groups is 1. The van der Waals surface area contributed by atoms with E-state index in [4.69, 9.17) is 4.74 Å². The van der Waals surface area contributed by atoms with Crippen LogP contribution in [0.4, 0.5) is 5.69 Å². The summed E-state index contributed by atoms with van der Waals surface area (Å²) in [5.74, 6) is 0.798. The molecule has 0 aliphatic carbocycles. The lowest BCUT2D eigenvalue weighted by Gasteiger charge is -2.32. The number of anilines is 1. The molecule has 0 aliphatic rings. The molecular formula is C20H28NO2P. The van der Waals surface area contributed by atoms with Crippen molar-refractivity contribution < 1.29 is 9.84 Å². The molecule has 2 atom stereocenters. The number of rotatable bonds is 6. The van der Waals surface area contributed by atoms with Gasteiger partial charge in [0.15, 0.2) is 11.5 Å². The standard InChI is InChI=1S/C20H28NO2P/c1-7-20(3,15-11-9-13-17(23-6)18(15)22)24-19-14(2)10-8-12-16(19)21(4)5/h8-13,22,24H,7H2,1-6H3. The van der Waals surface area contributed by atoms with Gasteiger partial charge in [0.25, 0.3) is 0 Å². The first-order valence-corrected chi connectivity index (χ1v) is 9.25.